The Morgan fingerprint density at radius 3 is 2.62 bits per heavy atom. The van der Waals surface area contributed by atoms with Crippen LogP contribution in [0.4, 0.5) is 10.2 Å². The van der Waals surface area contributed by atoms with Crippen molar-refractivity contribution in [3.63, 3.8) is 0 Å². The van der Waals surface area contributed by atoms with Crippen molar-refractivity contribution < 1.29 is 18.3 Å². The number of carbonyl (C=O) groups is 1. The van der Waals surface area contributed by atoms with Crippen molar-refractivity contribution in [2.75, 3.05) is 19.1 Å². The van der Waals surface area contributed by atoms with E-state index in [2.05, 4.69) is 0 Å². The van der Waals surface area contributed by atoms with E-state index in [-0.39, 0.29) is 11.9 Å². The molecule has 0 aliphatic carbocycles. The number of nitrogens with zero attached hydrogens (tertiary/aromatic N) is 3. The Morgan fingerprint density at radius 2 is 1.90 bits per heavy atom. The second-order valence-corrected chi connectivity index (χ2v) is 7.09. The van der Waals surface area contributed by atoms with Gasteiger partial charge in [-0.1, -0.05) is 0 Å². The number of fused-ring (bicyclic) bond motifs is 2. The molecular weight excluding hydrogens is 373 g/mol. The lowest BCUT2D eigenvalue weighted by molar-refractivity contribution is 0.0601. The van der Waals surface area contributed by atoms with Crippen LogP contribution in [0.15, 0.2) is 46.9 Å². The maximum atomic E-state index is 13.6. The first-order chi connectivity index (χ1) is 13.9. The number of halogens is 1. The molecule has 0 unspecified atom stereocenters. The van der Waals surface area contributed by atoms with E-state index in [0.717, 1.165) is 5.39 Å². The molecular formula is C22H20FN3O3. The van der Waals surface area contributed by atoms with Crippen LogP contribution in [0.25, 0.3) is 33.5 Å². The van der Waals surface area contributed by atoms with E-state index in [0.29, 0.717) is 39.5 Å². The Bertz CT molecular complexity index is 1230. The molecule has 0 atom stereocenters. The highest BCUT2D eigenvalue weighted by molar-refractivity contribution is 5.94. The van der Waals surface area contributed by atoms with Gasteiger partial charge in [0.2, 0.25) is 0 Å². The number of anilines is 1. The molecule has 0 N–H and O–H groups in total. The quantitative estimate of drug-likeness (QED) is 0.463. The molecule has 2 heterocycles. The lowest BCUT2D eigenvalue weighted by Crippen LogP contribution is -2.27. The molecule has 2 aromatic heterocycles. The molecule has 0 spiro atoms. The topological polar surface area (TPSA) is 68.5 Å². The summed E-state index contributed by atoms with van der Waals surface area (Å²) in [6.07, 6.45) is 0. The Morgan fingerprint density at radius 1 is 1.10 bits per heavy atom. The molecule has 29 heavy (non-hydrogen) atoms. The molecule has 148 valence electrons. The molecule has 0 bridgehead atoms. The summed E-state index contributed by atoms with van der Waals surface area (Å²) in [6, 6.07) is 11.4. The van der Waals surface area contributed by atoms with Crippen molar-refractivity contribution >= 4 is 33.8 Å². The van der Waals surface area contributed by atoms with Gasteiger partial charge < -0.3 is 14.1 Å². The minimum Gasteiger partial charge on any atom is -0.465 e. The van der Waals surface area contributed by atoms with Crippen LogP contribution in [-0.2, 0) is 4.74 Å². The van der Waals surface area contributed by atoms with Crippen molar-refractivity contribution in [1.29, 1.82) is 0 Å². The molecule has 4 aromatic rings. The van der Waals surface area contributed by atoms with Crippen LogP contribution < -0.4 is 4.90 Å². The van der Waals surface area contributed by atoms with Gasteiger partial charge in [-0.15, -0.1) is 0 Å². The van der Waals surface area contributed by atoms with Crippen LogP contribution in [0.5, 0.6) is 0 Å². The predicted octanol–water partition coefficient (Wildman–Crippen LogP) is 4.81. The first kappa shape index (κ1) is 18.9. The summed E-state index contributed by atoms with van der Waals surface area (Å²) in [5, 5.41) is 0.780. The SMILES string of the molecule is COC(=O)c1ccc2nc(-c3cc4ccc(F)cc4o3)c(N(C)C(C)C)nc2c1. The molecule has 4 rings (SSSR count). The van der Waals surface area contributed by atoms with Crippen molar-refractivity contribution in [3.8, 4) is 11.5 Å². The Balaban J connectivity index is 1.94. The average Bonchev–Trinajstić information content (AvgIpc) is 3.14. The lowest BCUT2D eigenvalue weighted by Gasteiger charge is -2.24. The number of hydrogen-bond acceptors (Lipinski definition) is 6. The maximum absolute atomic E-state index is 13.6. The first-order valence-electron chi connectivity index (χ1n) is 9.20. The smallest absolute Gasteiger partial charge is 0.337 e. The molecule has 0 saturated heterocycles. The number of hydrogen-bond donors (Lipinski definition) is 0. The van der Waals surface area contributed by atoms with Gasteiger partial charge in [0.05, 0.1) is 23.7 Å². The number of esters is 1. The molecule has 0 amide bonds. The molecule has 0 aliphatic rings. The van der Waals surface area contributed by atoms with Crippen LogP contribution >= 0.6 is 0 Å². The fourth-order valence-corrected chi connectivity index (χ4v) is 3.07. The Kier molecular flexibility index (Phi) is 4.66. The fourth-order valence-electron chi connectivity index (χ4n) is 3.07. The van der Waals surface area contributed by atoms with Gasteiger partial charge in [-0.25, -0.2) is 19.2 Å². The van der Waals surface area contributed by atoms with E-state index in [4.69, 9.17) is 19.1 Å². The maximum Gasteiger partial charge on any atom is 0.337 e. The normalized spacial score (nSPS) is 11.4. The van der Waals surface area contributed by atoms with E-state index in [9.17, 15) is 9.18 Å². The van der Waals surface area contributed by atoms with E-state index in [1.165, 1.54) is 19.2 Å². The summed E-state index contributed by atoms with van der Waals surface area (Å²) in [5.41, 5.74) is 2.58. The monoisotopic (exact) mass is 393 g/mol. The first-order valence-corrected chi connectivity index (χ1v) is 9.20. The van der Waals surface area contributed by atoms with Gasteiger partial charge >= 0.3 is 5.97 Å². The molecule has 6 nitrogen and oxygen atoms in total. The largest absolute Gasteiger partial charge is 0.465 e. The number of rotatable bonds is 4. The predicted molar refractivity (Wildman–Crippen MR) is 110 cm³/mol. The lowest BCUT2D eigenvalue weighted by atomic mass is 10.1. The number of carbonyl (C=O) groups excluding carboxylic acids is 1. The Hall–Kier alpha value is -3.48. The highest BCUT2D eigenvalue weighted by atomic mass is 19.1. The van der Waals surface area contributed by atoms with E-state index < -0.39 is 5.97 Å². The second kappa shape index (κ2) is 7.16. The minimum absolute atomic E-state index is 0.145. The average molecular weight is 393 g/mol. The third-order valence-corrected chi connectivity index (χ3v) is 4.89. The molecule has 0 saturated carbocycles. The van der Waals surface area contributed by atoms with Crippen LogP contribution in [0.1, 0.15) is 24.2 Å². The summed E-state index contributed by atoms with van der Waals surface area (Å²) < 4.78 is 24.3. The minimum atomic E-state index is -0.434. The molecule has 2 aromatic carbocycles. The van der Waals surface area contributed by atoms with Gasteiger partial charge in [-0.2, -0.15) is 0 Å². The van der Waals surface area contributed by atoms with Crippen LogP contribution in [-0.4, -0.2) is 36.1 Å². The second-order valence-electron chi connectivity index (χ2n) is 7.09. The summed E-state index contributed by atoms with van der Waals surface area (Å²) in [5.74, 6) is 0.308. The van der Waals surface area contributed by atoms with Gasteiger partial charge in [0.25, 0.3) is 0 Å². The fraction of sp³-hybridized carbons (Fsp3) is 0.227. The van der Waals surface area contributed by atoms with Gasteiger partial charge in [-0.05, 0) is 50.2 Å². The van der Waals surface area contributed by atoms with E-state index in [1.54, 1.807) is 24.3 Å². The zero-order valence-electron chi connectivity index (χ0n) is 16.6. The van der Waals surface area contributed by atoms with E-state index >= 15 is 0 Å². The molecule has 7 heteroatoms. The van der Waals surface area contributed by atoms with Crippen LogP contribution in [0.3, 0.4) is 0 Å². The highest BCUT2D eigenvalue weighted by Crippen LogP contribution is 2.34. The standard InChI is InChI=1S/C22H20FN3O3/c1-12(2)26(3)21-20(19-10-13-5-7-15(23)11-18(13)29-19)24-16-8-6-14(22(27)28-4)9-17(16)25-21/h5-12H,1-4H3. The highest BCUT2D eigenvalue weighted by Gasteiger charge is 2.20. The third kappa shape index (κ3) is 3.40. The molecule has 0 radical (unpaired) electrons. The molecule has 0 aliphatic heterocycles. The number of aromatic nitrogens is 2. The Labute approximate surface area is 166 Å². The van der Waals surface area contributed by atoms with Crippen LogP contribution in [0.2, 0.25) is 0 Å². The van der Waals surface area contributed by atoms with Gasteiger partial charge in [0.15, 0.2) is 11.6 Å². The van der Waals surface area contributed by atoms with Gasteiger partial charge in [-0.3, -0.25) is 0 Å². The summed E-state index contributed by atoms with van der Waals surface area (Å²) in [7, 11) is 3.25. The van der Waals surface area contributed by atoms with Gasteiger partial charge in [0.1, 0.15) is 17.1 Å². The molecule has 0 fully saturated rings. The van der Waals surface area contributed by atoms with Crippen LogP contribution in [0, 0.1) is 5.82 Å². The number of ether oxygens (including phenoxy) is 1. The van der Waals surface area contributed by atoms with Crippen molar-refractivity contribution in [3.05, 3.63) is 53.8 Å². The van der Waals surface area contributed by atoms with Gasteiger partial charge in [0, 0.05) is 24.5 Å². The summed E-state index contributed by atoms with van der Waals surface area (Å²) in [4.78, 5) is 23.4. The zero-order valence-corrected chi connectivity index (χ0v) is 16.6. The zero-order chi connectivity index (χ0) is 20.7. The van der Waals surface area contributed by atoms with Crippen molar-refractivity contribution in [2.45, 2.75) is 19.9 Å². The summed E-state index contributed by atoms with van der Waals surface area (Å²) in [6.45, 7) is 4.07. The number of benzene rings is 2. The third-order valence-electron chi connectivity index (χ3n) is 4.89. The summed E-state index contributed by atoms with van der Waals surface area (Å²) >= 11 is 0. The van der Waals surface area contributed by atoms with Crippen molar-refractivity contribution in [2.24, 2.45) is 0 Å². The van der Waals surface area contributed by atoms with E-state index in [1.807, 2.05) is 31.9 Å². The number of furan rings is 1. The van der Waals surface area contributed by atoms with Crippen molar-refractivity contribution in [1.82, 2.24) is 9.97 Å². The number of methoxy groups -OCH3 is 1.